The first-order chi connectivity index (χ1) is 13.4. The van der Waals surface area contributed by atoms with Gasteiger partial charge in [0.15, 0.2) is 5.82 Å². The van der Waals surface area contributed by atoms with Gasteiger partial charge < -0.3 is 4.90 Å². The van der Waals surface area contributed by atoms with E-state index in [0.717, 1.165) is 30.9 Å². The lowest BCUT2D eigenvalue weighted by Crippen LogP contribution is -2.38. The molecule has 28 heavy (non-hydrogen) atoms. The van der Waals surface area contributed by atoms with Crippen molar-refractivity contribution < 1.29 is 0 Å². The topological polar surface area (TPSA) is 81.7 Å². The van der Waals surface area contributed by atoms with Crippen molar-refractivity contribution in [3.05, 3.63) is 59.0 Å². The minimum atomic E-state index is -0.103. The molecule has 3 aromatic heterocycles. The number of nitrogens with zero attached hydrogens (tertiary/aromatic N) is 7. The van der Waals surface area contributed by atoms with Crippen LogP contribution in [0.25, 0.3) is 5.82 Å². The zero-order valence-electron chi connectivity index (χ0n) is 16.5. The summed E-state index contributed by atoms with van der Waals surface area (Å²) in [6.45, 7) is 7.72. The van der Waals surface area contributed by atoms with Crippen molar-refractivity contribution in [2.45, 2.75) is 51.6 Å². The Balaban J connectivity index is 1.60. The molecule has 3 aromatic rings. The van der Waals surface area contributed by atoms with Gasteiger partial charge in [0.05, 0.1) is 30.7 Å². The number of aromatic nitrogens is 6. The maximum Gasteiger partial charge on any atom is 0.266 e. The molecule has 0 spiro atoms. The van der Waals surface area contributed by atoms with Gasteiger partial charge in [-0.1, -0.05) is 20.8 Å². The second-order valence-electron chi connectivity index (χ2n) is 8.16. The average molecular weight is 379 g/mol. The maximum absolute atomic E-state index is 12.4. The van der Waals surface area contributed by atoms with Crippen LogP contribution in [0.2, 0.25) is 0 Å². The number of rotatable bonds is 4. The zero-order chi connectivity index (χ0) is 19.7. The first-order valence-corrected chi connectivity index (χ1v) is 9.59. The maximum atomic E-state index is 12.4. The van der Waals surface area contributed by atoms with E-state index in [-0.39, 0.29) is 17.0 Å². The van der Waals surface area contributed by atoms with Gasteiger partial charge in [-0.25, -0.2) is 14.3 Å². The van der Waals surface area contributed by atoms with Crippen molar-refractivity contribution >= 4 is 5.82 Å². The SMILES string of the molecule is CC(C)(C)c1ccc(=O)n(CC2CCCN2c2cncc(-n3cccn3)n2)n1. The predicted molar refractivity (Wildman–Crippen MR) is 107 cm³/mol. The first kappa shape index (κ1) is 18.3. The lowest BCUT2D eigenvalue weighted by atomic mass is 9.92. The van der Waals surface area contributed by atoms with Crippen molar-refractivity contribution in [3.8, 4) is 5.82 Å². The Morgan fingerprint density at radius 3 is 2.75 bits per heavy atom. The molecule has 1 fully saturated rings. The summed E-state index contributed by atoms with van der Waals surface area (Å²) in [6, 6.07) is 5.45. The molecule has 8 nitrogen and oxygen atoms in total. The highest BCUT2D eigenvalue weighted by atomic mass is 16.1. The van der Waals surface area contributed by atoms with E-state index < -0.39 is 0 Å². The van der Waals surface area contributed by atoms with Gasteiger partial charge in [0.25, 0.3) is 5.56 Å². The van der Waals surface area contributed by atoms with Gasteiger partial charge in [-0.2, -0.15) is 10.2 Å². The molecule has 4 rings (SSSR count). The van der Waals surface area contributed by atoms with Crippen LogP contribution in [0.3, 0.4) is 0 Å². The van der Waals surface area contributed by atoms with E-state index in [9.17, 15) is 4.79 Å². The van der Waals surface area contributed by atoms with Crippen LogP contribution in [-0.2, 0) is 12.0 Å². The third-order valence-corrected chi connectivity index (χ3v) is 5.04. The van der Waals surface area contributed by atoms with Gasteiger partial charge in [0.2, 0.25) is 0 Å². The van der Waals surface area contributed by atoms with Crippen molar-refractivity contribution in [1.82, 2.24) is 29.5 Å². The molecule has 1 aliphatic heterocycles. The molecular weight excluding hydrogens is 354 g/mol. The summed E-state index contributed by atoms with van der Waals surface area (Å²) in [6.07, 6.45) is 9.06. The second kappa shape index (κ2) is 7.18. The van der Waals surface area contributed by atoms with Crippen LogP contribution in [0.1, 0.15) is 39.3 Å². The highest BCUT2D eigenvalue weighted by Crippen LogP contribution is 2.25. The molecule has 0 aliphatic carbocycles. The lowest BCUT2D eigenvalue weighted by Gasteiger charge is -2.26. The van der Waals surface area contributed by atoms with Gasteiger partial charge in [0.1, 0.15) is 5.82 Å². The number of anilines is 1. The van der Waals surface area contributed by atoms with Crippen molar-refractivity contribution in [3.63, 3.8) is 0 Å². The van der Waals surface area contributed by atoms with Crippen molar-refractivity contribution in [2.75, 3.05) is 11.4 Å². The normalized spacial score (nSPS) is 17.2. The fourth-order valence-electron chi connectivity index (χ4n) is 3.51. The van der Waals surface area contributed by atoms with E-state index in [0.29, 0.717) is 12.4 Å². The molecule has 0 radical (unpaired) electrons. The van der Waals surface area contributed by atoms with Gasteiger partial charge in [0, 0.05) is 30.4 Å². The van der Waals surface area contributed by atoms with E-state index in [4.69, 9.17) is 4.98 Å². The summed E-state index contributed by atoms with van der Waals surface area (Å²) in [7, 11) is 0. The van der Waals surface area contributed by atoms with Gasteiger partial charge in [-0.3, -0.25) is 9.78 Å². The Morgan fingerprint density at radius 2 is 2.00 bits per heavy atom. The Bertz CT molecular complexity index is 1000. The Kier molecular flexibility index (Phi) is 4.70. The number of hydrogen-bond acceptors (Lipinski definition) is 6. The third-order valence-electron chi connectivity index (χ3n) is 5.04. The largest absolute Gasteiger partial charge is 0.350 e. The summed E-state index contributed by atoms with van der Waals surface area (Å²) in [5.74, 6) is 1.48. The fraction of sp³-hybridized carbons (Fsp3) is 0.450. The van der Waals surface area contributed by atoms with E-state index in [1.165, 1.54) is 0 Å². The minimum Gasteiger partial charge on any atom is -0.350 e. The van der Waals surface area contributed by atoms with Crippen molar-refractivity contribution in [1.29, 1.82) is 0 Å². The van der Waals surface area contributed by atoms with Crippen LogP contribution in [0.15, 0.2) is 47.8 Å². The molecule has 4 heterocycles. The van der Waals surface area contributed by atoms with Gasteiger partial charge in [-0.15, -0.1) is 0 Å². The fourth-order valence-corrected chi connectivity index (χ4v) is 3.51. The lowest BCUT2D eigenvalue weighted by molar-refractivity contribution is 0.456. The molecule has 0 bridgehead atoms. The van der Waals surface area contributed by atoms with Crippen LogP contribution in [-0.4, -0.2) is 42.1 Å². The highest BCUT2D eigenvalue weighted by Gasteiger charge is 2.28. The standard InChI is InChI=1S/C20H25N7O/c1-20(2,3)16-7-8-19(28)27(24-16)14-15-6-4-10-25(15)17-12-21-13-18(23-17)26-11-5-9-22-26/h5,7-9,11-13,15H,4,6,10,14H2,1-3H3. The number of hydrogen-bond donors (Lipinski definition) is 0. The average Bonchev–Trinajstić information content (AvgIpc) is 3.34. The van der Waals surface area contributed by atoms with E-state index in [1.54, 1.807) is 34.0 Å². The molecule has 1 saturated heterocycles. The van der Waals surface area contributed by atoms with Crippen LogP contribution in [0, 0.1) is 0 Å². The minimum absolute atomic E-state index is 0.0729. The summed E-state index contributed by atoms with van der Waals surface area (Å²) in [5.41, 5.74) is 0.738. The molecule has 0 saturated carbocycles. The Hall–Kier alpha value is -3.03. The smallest absolute Gasteiger partial charge is 0.266 e. The molecule has 1 atom stereocenters. The quantitative estimate of drug-likeness (QED) is 0.691. The predicted octanol–water partition coefficient (Wildman–Crippen LogP) is 2.19. The molecule has 1 aliphatic rings. The van der Waals surface area contributed by atoms with Crippen molar-refractivity contribution in [2.24, 2.45) is 0 Å². The molecule has 0 amide bonds. The van der Waals surface area contributed by atoms with E-state index in [2.05, 4.69) is 40.9 Å². The third kappa shape index (κ3) is 3.67. The van der Waals surface area contributed by atoms with Crippen LogP contribution in [0.4, 0.5) is 5.82 Å². The zero-order valence-corrected chi connectivity index (χ0v) is 16.5. The molecular formula is C20H25N7O. The molecule has 1 unspecified atom stereocenters. The first-order valence-electron chi connectivity index (χ1n) is 9.59. The highest BCUT2D eigenvalue weighted by molar-refractivity contribution is 5.41. The summed E-state index contributed by atoms with van der Waals surface area (Å²) in [4.78, 5) is 23.7. The second-order valence-corrected chi connectivity index (χ2v) is 8.16. The van der Waals surface area contributed by atoms with Gasteiger partial charge in [-0.05, 0) is 25.0 Å². The molecule has 0 aromatic carbocycles. The molecule has 146 valence electrons. The summed E-state index contributed by atoms with van der Waals surface area (Å²) >= 11 is 0. The van der Waals surface area contributed by atoms with E-state index >= 15 is 0 Å². The van der Waals surface area contributed by atoms with Gasteiger partial charge >= 0.3 is 0 Å². The summed E-state index contributed by atoms with van der Waals surface area (Å²) < 4.78 is 3.29. The summed E-state index contributed by atoms with van der Waals surface area (Å²) in [5, 5.41) is 8.85. The monoisotopic (exact) mass is 379 g/mol. The van der Waals surface area contributed by atoms with Crippen LogP contribution < -0.4 is 10.5 Å². The van der Waals surface area contributed by atoms with Crippen LogP contribution >= 0.6 is 0 Å². The Labute approximate surface area is 163 Å². The Morgan fingerprint density at radius 1 is 1.18 bits per heavy atom. The van der Waals surface area contributed by atoms with E-state index in [1.807, 2.05) is 18.3 Å². The molecule has 8 heteroatoms. The van der Waals surface area contributed by atoms with Crippen LogP contribution in [0.5, 0.6) is 0 Å². The molecule has 0 N–H and O–H groups in total.